The second-order valence-electron chi connectivity index (χ2n) is 4.98. The number of carbonyl (C=O) groups excluding carboxylic acids is 1. The average molecular weight is 303 g/mol. The van der Waals surface area contributed by atoms with Crippen molar-refractivity contribution in [3.05, 3.63) is 64.7 Å². The second kappa shape index (κ2) is 7.28. The molecule has 0 heterocycles. The SMILES string of the molecule is CC[C@@H](CC(=O)c1ccc(Cl)cc1)c1ccccc1OC. The van der Waals surface area contributed by atoms with Crippen LogP contribution < -0.4 is 4.74 Å². The van der Waals surface area contributed by atoms with Crippen LogP contribution in [0.25, 0.3) is 0 Å². The van der Waals surface area contributed by atoms with Crippen molar-refractivity contribution in [2.75, 3.05) is 7.11 Å². The van der Waals surface area contributed by atoms with Crippen molar-refractivity contribution in [3.63, 3.8) is 0 Å². The van der Waals surface area contributed by atoms with E-state index in [1.165, 1.54) is 0 Å². The Bertz CT molecular complexity index is 605. The van der Waals surface area contributed by atoms with Crippen molar-refractivity contribution in [3.8, 4) is 5.75 Å². The summed E-state index contributed by atoms with van der Waals surface area (Å²) in [6.45, 7) is 2.09. The number of carbonyl (C=O) groups is 1. The third-order valence-corrected chi connectivity index (χ3v) is 3.92. The highest BCUT2D eigenvalue weighted by molar-refractivity contribution is 6.30. The predicted molar refractivity (Wildman–Crippen MR) is 86.4 cm³/mol. The summed E-state index contributed by atoms with van der Waals surface area (Å²) in [5.74, 6) is 1.13. The molecule has 0 radical (unpaired) electrons. The normalized spacial score (nSPS) is 12.0. The molecule has 0 spiro atoms. The summed E-state index contributed by atoms with van der Waals surface area (Å²) >= 11 is 5.86. The highest BCUT2D eigenvalue weighted by Gasteiger charge is 2.18. The highest BCUT2D eigenvalue weighted by Crippen LogP contribution is 2.32. The van der Waals surface area contributed by atoms with Crippen molar-refractivity contribution >= 4 is 17.4 Å². The summed E-state index contributed by atoms with van der Waals surface area (Å²) in [6.07, 6.45) is 1.36. The maximum atomic E-state index is 12.4. The van der Waals surface area contributed by atoms with Crippen LogP contribution in [0, 0.1) is 0 Å². The Balaban J connectivity index is 2.19. The Hall–Kier alpha value is -1.80. The lowest BCUT2D eigenvalue weighted by molar-refractivity contribution is 0.0972. The van der Waals surface area contributed by atoms with Crippen molar-refractivity contribution in [1.82, 2.24) is 0 Å². The van der Waals surface area contributed by atoms with E-state index in [2.05, 4.69) is 6.92 Å². The van der Waals surface area contributed by atoms with Gasteiger partial charge >= 0.3 is 0 Å². The van der Waals surface area contributed by atoms with Gasteiger partial charge in [0.05, 0.1) is 7.11 Å². The van der Waals surface area contributed by atoms with E-state index in [4.69, 9.17) is 16.3 Å². The molecule has 110 valence electrons. The summed E-state index contributed by atoms with van der Waals surface area (Å²) in [6, 6.07) is 14.9. The molecule has 0 bridgehead atoms. The third-order valence-electron chi connectivity index (χ3n) is 3.67. The molecule has 0 aliphatic heterocycles. The molecular formula is C18H19ClO2. The Morgan fingerprint density at radius 2 is 1.81 bits per heavy atom. The van der Waals surface area contributed by atoms with Gasteiger partial charge in [-0.15, -0.1) is 0 Å². The molecule has 0 aromatic heterocycles. The molecule has 0 amide bonds. The number of para-hydroxylation sites is 1. The Labute approximate surface area is 130 Å². The van der Waals surface area contributed by atoms with Crippen molar-refractivity contribution in [1.29, 1.82) is 0 Å². The van der Waals surface area contributed by atoms with E-state index in [0.717, 1.165) is 17.7 Å². The lowest BCUT2D eigenvalue weighted by Gasteiger charge is -2.17. The van der Waals surface area contributed by atoms with E-state index in [1.807, 2.05) is 24.3 Å². The van der Waals surface area contributed by atoms with Gasteiger partial charge in [0.1, 0.15) is 5.75 Å². The van der Waals surface area contributed by atoms with Gasteiger partial charge in [-0.2, -0.15) is 0 Å². The predicted octanol–water partition coefficient (Wildman–Crippen LogP) is 5.12. The molecule has 21 heavy (non-hydrogen) atoms. The van der Waals surface area contributed by atoms with Crippen LogP contribution in [0.3, 0.4) is 0 Å². The first-order chi connectivity index (χ1) is 10.2. The molecule has 0 aliphatic rings. The fourth-order valence-corrected chi connectivity index (χ4v) is 2.58. The minimum atomic E-state index is 0.129. The van der Waals surface area contributed by atoms with Crippen LogP contribution in [0.5, 0.6) is 5.75 Å². The van der Waals surface area contributed by atoms with Gasteiger partial charge in [0.25, 0.3) is 0 Å². The molecule has 2 aromatic carbocycles. The van der Waals surface area contributed by atoms with Crippen LogP contribution in [-0.2, 0) is 0 Å². The van der Waals surface area contributed by atoms with E-state index in [9.17, 15) is 4.79 Å². The molecule has 0 aliphatic carbocycles. The van der Waals surface area contributed by atoms with Crippen LogP contribution in [0.2, 0.25) is 5.02 Å². The number of ketones is 1. The maximum Gasteiger partial charge on any atom is 0.163 e. The van der Waals surface area contributed by atoms with Gasteiger partial charge in [-0.25, -0.2) is 0 Å². The lowest BCUT2D eigenvalue weighted by atomic mass is 9.89. The molecule has 3 heteroatoms. The zero-order chi connectivity index (χ0) is 15.2. The van der Waals surface area contributed by atoms with Crippen molar-refractivity contribution < 1.29 is 9.53 Å². The number of hydrogen-bond donors (Lipinski definition) is 0. The molecule has 0 N–H and O–H groups in total. The largest absolute Gasteiger partial charge is 0.496 e. The van der Waals surface area contributed by atoms with Gasteiger partial charge in [-0.1, -0.05) is 36.7 Å². The van der Waals surface area contributed by atoms with Crippen LogP contribution >= 0.6 is 11.6 Å². The standard InChI is InChI=1S/C18H19ClO2/c1-3-13(16-6-4-5-7-18(16)21-2)12-17(20)14-8-10-15(19)11-9-14/h4-11,13H,3,12H2,1-2H3/t13-/m0/s1. The first-order valence-corrected chi connectivity index (χ1v) is 7.45. The van der Waals surface area contributed by atoms with Crippen LogP contribution in [0.4, 0.5) is 0 Å². The zero-order valence-corrected chi connectivity index (χ0v) is 13.1. The quantitative estimate of drug-likeness (QED) is 0.693. The monoisotopic (exact) mass is 302 g/mol. The van der Waals surface area contributed by atoms with Crippen LogP contribution in [0.1, 0.15) is 41.6 Å². The summed E-state index contributed by atoms with van der Waals surface area (Å²) in [4.78, 5) is 12.4. The highest BCUT2D eigenvalue weighted by atomic mass is 35.5. The number of hydrogen-bond acceptors (Lipinski definition) is 2. The van der Waals surface area contributed by atoms with Gasteiger partial charge in [0, 0.05) is 17.0 Å². The number of benzene rings is 2. The van der Waals surface area contributed by atoms with E-state index in [1.54, 1.807) is 31.4 Å². The molecule has 0 saturated heterocycles. The van der Waals surface area contributed by atoms with Crippen LogP contribution in [-0.4, -0.2) is 12.9 Å². The van der Waals surface area contributed by atoms with Gasteiger partial charge < -0.3 is 4.74 Å². The van der Waals surface area contributed by atoms with E-state index in [0.29, 0.717) is 17.0 Å². The third kappa shape index (κ3) is 3.85. The molecule has 2 rings (SSSR count). The average Bonchev–Trinajstić information content (AvgIpc) is 2.53. The van der Waals surface area contributed by atoms with Gasteiger partial charge in [0.15, 0.2) is 5.78 Å². The number of methoxy groups -OCH3 is 1. The minimum absolute atomic E-state index is 0.129. The lowest BCUT2D eigenvalue weighted by Crippen LogP contribution is -2.08. The molecule has 0 unspecified atom stereocenters. The zero-order valence-electron chi connectivity index (χ0n) is 12.3. The summed E-state index contributed by atoms with van der Waals surface area (Å²) in [5.41, 5.74) is 1.79. The molecule has 0 saturated carbocycles. The Morgan fingerprint density at radius 1 is 1.14 bits per heavy atom. The van der Waals surface area contributed by atoms with E-state index in [-0.39, 0.29) is 11.7 Å². The van der Waals surface area contributed by atoms with Gasteiger partial charge in [0.2, 0.25) is 0 Å². The smallest absolute Gasteiger partial charge is 0.163 e. The fourth-order valence-electron chi connectivity index (χ4n) is 2.46. The van der Waals surface area contributed by atoms with Gasteiger partial charge in [-0.3, -0.25) is 4.79 Å². The maximum absolute atomic E-state index is 12.4. The number of rotatable bonds is 6. The van der Waals surface area contributed by atoms with Crippen LogP contribution in [0.15, 0.2) is 48.5 Å². The molecule has 2 nitrogen and oxygen atoms in total. The molecule has 1 atom stereocenters. The molecule has 0 fully saturated rings. The Kier molecular flexibility index (Phi) is 5.40. The fraction of sp³-hybridized carbons (Fsp3) is 0.278. The molecular weight excluding hydrogens is 284 g/mol. The first-order valence-electron chi connectivity index (χ1n) is 7.07. The van der Waals surface area contributed by atoms with E-state index >= 15 is 0 Å². The van der Waals surface area contributed by atoms with E-state index < -0.39 is 0 Å². The Morgan fingerprint density at radius 3 is 2.43 bits per heavy atom. The summed E-state index contributed by atoms with van der Waals surface area (Å²) in [7, 11) is 1.66. The summed E-state index contributed by atoms with van der Waals surface area (Å²) < 4.78 is 5.40. The number of Topliss-reactive ketones (excluding diaryl/α,β-unsaturated/α-hetero) is 1. The molecule has 2 aromatic rings. The topological polar surface area (TPSA) is 26.3 Å². The minimum Gasteiger partial charge on any atom is -0.496 e. The number of ether oxygens (including phenoxy) is 1. The summed E-state index contributed by atoms with van der Waals surface area (Å²) in [5, 5.41) is 0.642. The first kappa shape index (κ1) is 15.6. The number of halogens is 1. The van der Waals surface area contributed by atoms with Crippen molar-refractivity contribution in [2.45, 2.75) is 25.7 Å². The van der Waals surface area contributed by atoms with Crippen molar-refractivity contribution in [2.24, 2.45) is 0 Å². The van der Waals surface area contributed by atoms with Gasteiger partial charge in [-0.05, 0) is 48.2 Å². The second-order valence-corrected chi connectivity index (χ2v) is 5.42.